The van der Waals surface area contributed by atoms with E-state index >= 15 is 0 Å². The number of halogens is 2. The van der Waals surface area contributed by atoms with Crippen LogP contribution in [0.25, 0.3) is 0 Å². The summed E-state index contributed by atoms with van der Waals surface area (Å²) in [6.45, 7) is 1.41. The lowest BCUT2D eigenvalue weighted by molar-refractivity contribution is -0.117. The van der Waals surface area contributed by atoms with Crippen LogP contribution in [0.5, 0.6) is 0 Å². The highest BCUT2D eigenvalue weighted by molar-refractivity contribution is 9.10. The van der Waals surface area contributed by atoms with E-state index < -0.39 is 27.8 Å². The van der Waals surface area contributed by atoms with Gasteiger partial charge in [0.15, 0.2) is 0 Å². The maximum absolute atomic E-state index is 13.1. The van der Waals surface area contributed by atoms with Crippen LogP contribution >= 0.6 is 15.9 Å². The Kier molecular flexibility index (Phi) is 5.51. The van der Waals surface area contributed by atoms with Crippen LogP contribution in [-0.4, -0.2) is 20.4 Å². The van der Waals surface area contributed by atoms with Gasteiger partial charge in [-0.1, -0.05) is 22.0 Å². The SMILES string of the molecule is CC(NS(=O)(=O)c1ccc(Br)cc1)C(=O)Nc1cccc(F)c1. The maximum atomic E-state index is 13.1. The summed E-state index contributed by atoms with van der Waals surface area (Å²) in [7, 11) is -3.83. The Bertz CT molecular complexity index is 810. The van der Waals surface area contributed by atoms with Gasteiger partial charge in [0, 0.05) is 10.2 Å². The van der Waals surface area contributed by atoms with Crippen LogP contribution in [0.3, 0.4) is 0 Å². The van der Waals surface area contributed by atoms with Crippen LogP contribution < -0.4 is 10.0 Å². The molecule has 5 nitrogen and oxygen atoms in total. The van der Waals surface area contributed by atoms with Crippen molar-refractivity contribution in [3.8, 4) is 0 Å². The van der Waals surface area contributed by atoms with Crippen LogP contribution in [0.4, 0.5) is 10.1 Å². The summed E-state index contributed by atoms with van der Waals surface area (Å²) in [5, 5.41) is 2.45. The van der Waals surface area contributed by atoms with Gasteiger partial charge in [0.25, 0.3) is 0 Å². The Morgan fingerprint density at radius 2 is 1.83 bits per heavy atom. The highest BCUT2D eigenvalue weighted by Crippen LogP contribution is 2.15. The number of hydrogen-bond acceptors (Lipinski definition) is 3. The van der Waals surface area contributed by atoms with E-state index in [4.69, 9.17) is 0 Å². The van der Waals surface area contributed by atoms with Crippen LogP contribution in [0.1, 0.15) is 6.92 Å². The molecule has 0 radical (unpaired) electrons. The zero-order valence-electron chi connectivity index (χ0n) is 12.1. The van der Waals surface area contributed by atoms with Gasteiger partial charge in [0.1, 0.15) is 5.82 Å². The van der Waals surface area contributed by atoms with E-state index in [1.807, 2.05) is 0 Å². The summed E-state index contributed by atoms with van der Waals surface area (Å²) < 4.78 is 40.5. The molecule has 23 heavy (non-hydrogen) atoms. The number of amides is 1. The molecule has 0 saturated heterocycles. The summed E-state index contributed by atoms with van der Waals surface area (Å²) >= 11 is 3.22. The van der Waals surface area contributed by atoms with Crippen molar-refractivity contribution in [1.82, 2.24) is 4.72 Å². The van der Waals surface area contributed by atoms with E-state index in [-0.39, 0.29) is 10.6 Å². The molecule has 0 saturated carbocycles. The number of benzene rings is 2. The van der Waals surface area contributed by atoms with Crippen molar-refractivity contribution >= 4 is 37.5 Å². The van der Waals surface area contributed by atoms with Crippen molar-refractivity contribution in [3.63, 3.8) is 0 Å². The predicted molar refractivity (Wildman–Crippen MR) is 89.0 cm³/mol. The fourth-order valence-electron chi connectivity index (χ4n) is 1.78. The first-order chi connectivity index (χ1) is 10.8. The Hall–Kier alpha value is -1.77. The van der Waals surface area contributed by atoms with Crippen LogP contribution in [-0.2, 0) is 14.8 Å². The molecule has 1 amide bonds. The molecule has 0 aliphatic heterocycles. The minimum absolute atomic E-state index is 0.0473. The van der Waals surface area contributed by atoms with Gasteiger partial charge in [-0.15, -0.1) is 0 Å². The van der Waals surface area contributed by atoms with Crippen molar-refractivity contribution in [1.29, 1.82) is 0 Å². The molecule has 0 fully saturated rings. The largest absolute Gasteiger partial charge is 0.325 e. The number of sulfonamides is 1. The van der Waals surface area contributed by atoms with Crippen molar-refractivity contribution < 1.29 is 17.6 Å². The summed E-state index contributed by atoms with van der Waals surface area (Å²) in [5.74, 6) is -1.08. The van der Waals surface area contributed by atoms with Crippen LogP contribution in [0.2, 0.25) is 0 Å². The Morgan fingerprint density at radius 3 is 2.43 bits per heavy atom. The minimum Gasteiger partial charge on any atom is -0.325 e. The maximum Gasteiger partial charge on any atom is 0.242 e. The highest BCUT2D eigenvalue weighted by atomic mass is 79.9. The van der Waals surface area contributed by atoms with Crippen LogP contribution in [0, 0.1) is 5.82 Å². The molecule has 2 N–H and O–H groups in total. The van der Waals surface area contributed by atoms with E-state index in [0.717, 1.165) is 10.5 Å². The lowest BCUT2D eigenvalue weighted by Crippen LogP contribution is -2.41. The minimum atomic E-state index is -3.83. The number of hydrogen-bond donors (Lipinski definition) is 2. The van der Waals surface area contributed by atoms with E-state index in [1.54, 1.807) is 12.1 Å². The average molecular weight is 401 g/mol. The summed E-state index contributed by atoms with van der Waals surface area (Å²) in [6, 6.07) is 10.3. The zero-order valence-corrected chi connectivity index (χ0v) is 14.5. The fraction of sp³-hybridized carbons (Fsp3) is 0.133. The monoisotopic (exact) mass is 400 g/mol. The molecular formula is C15H14BrFN2O3S. The summed E-state index contributed by atoms with van der Waals surface area (Å²) in [4.78, 5) is 12.1. The molecule has 0 bridgehead atoms. The number of carbonyl (C=O) groups excluding carboxylic acids is 1. The molecule has 2 rings (SSSR count). The molecule has 122 valence electrons. The molecule has 8 heteroatoms. The van der Waals surface area contributed by atoms with Crippen molar-refractivity contribution in [2.75, 3.05) is 5.32 Å². The Labute approximate surface area is 142 Å². The first-order valence-electron chi connectivity index (χ1n) is 6.62. The number of anilines is 1. The highest BCUT2D eigenvalue weighted by Gasteiger charge is 2.22. The second-order valence-corrected chi connectivity index (χ2v) is 7.43. The van der Waals surface area contributed by atoms with E-state index in [2.05, 4.69) is 26.0 Å². The molecule has 2 aromatic carbocycles. The third-order valence-corrected chi connectivity index (χ3v) is 5.03. The lowest BCUT2D eigenvalue weighted by atomic mass is 10.3. The van der Waals surface area contributed by atoms with Gasteiger partial charge in [-0.05, 0) is 49.4 Å². The van der Waals surface area contributed by atoms with Gasteiger partial charge in [-0.3, -0.25) is 4.79 Å². The molecule has 1 atom stereocenters. The summed E-state index contributed by atoms with van der Waals surface area (Å²) in [5.41, 5.74) is 0.254. The Balaban J connectivity index is 2.06. The number of nitrogens with one attached hydrogen (secondary N) is 2. The topological polar surface area (TPSA) is 75.3 Å². The summed E-state index contributed by atoms with van der Waals surface area (Å²) in [6.07, 6.45) is 0. The molecule has 0 heterocycles. The van der Waals surface area contributed by atoms with Gasteiger partial charge in [-0.2, -0.15) is 4.72 Å². The molecular weight excluding hydrogens is 387 g/mol. The van der Waals surface area contributed by atoms with Crippen LogP contribution in [0.15, 0.2) is 57.9 Å². The second kappa shape index (κ2) is 7.20. The van der Waals surface area contributed by atoms with Gasteiger partial charge in [0.2, 0.25) is 15.9 Å². The van der Waals surface area contributed by atoms with Gasteiger partial charge in [-0.25, -0.2) is 12.8 Å². The van der Waals surface area contributed by atoms with E-state index in [1.165, 1.54) is 37.3 Å². The predicted octanol–water partition coefficient (Wildman–Crippen LogP) is 2.89. The van der Waals surface area contributed by atoms with Crippen molar-refractivity contribution in [2.24, 2.45) is 0 Å². The molecule has 0 aromatic heterocycles. The fourth-order valence-corrected chi connectivity index (χ4v) is 3.25. The van der Waals surface area contributed by atoms with Gasteiger partial charge >= 0.3 is 0 Å². The lowest BCUT2D eigenvalue weighted by Gasteiger charge is -2.14. The molecule has 0 aliphatic carbocycles. The number of carbonyl (C=O) groups is 1. The van der Waals surface area contributed by atoms with Gasteiger partial charge < -0.3 is 5.32 Å². The van der Waals surface area contributed by atoms with Gasteiger partial charge in [0.05, 0.1) is 10.9 Å². The van der Waals surface area contributed by atoms with Crippen molar-refractivity contribution in [3.05, 3.63) is 58.8 Å². The molecule has 1 unspecified atom stereocenters. The normalized spacial score (nSPS) is 12.7. The quantitative estimate of drug-likeness (QED) is 0.809. The number of rotatable bonds is 5. The molecule has 2 aromatic rings. The van der Waals surface area contributed by atoms with E-state index in [0.29, 0.717) is 0 Å². The zero-order chi connectivity index (χ0) is 17.0. The Morgan fingerprint density at radius 1 is 1.17 bits per heavy atom. The second-order valence-electron chi connectivity index (χ2n) is 4.80. The molecule has 0 aliphatic rings. The smallest absolute Gasteiger partial charge is 0.242 e. The molecule has 0 spiro atoms. The first-order valence-corrected chi connectivity index (χ1v) is 8.90. The van der Waals surface area contributed by atoms with Crippen molar-refractivity contribution in [2.45, 2.75) is 17.9 Å². The average Bonchev–Trinajstić information content (AvgIpc) is 2.47. The van der Waals surface area contributed by atoms with E-state index in [9.17, 15) is 17.6 Å². The third kappa shape index (κ3) is 4.85. The third-order valence-electron chi connectivity index (χ3n) is 2.94. The first kappa shape index (κ1) is 17.6. The standard InChI is InChI=1S/C15H14BrFN2O3S/c1-10(15(20)18-13-4-2-3-12(17)9-13)19-23(21,22)14-7-5-11(16)6-8-14/h2-10,19H,1H3,(H,18,20).